The van der Waals surface area contributed by atoms with E-state index in [-0.39, 0.29) is 5.54 Å². The second kappa shape index (κ2) is 8.03. The van der Waals surface area contributed by atoms with Crippen LogP contribution in [-0.2, 0) is 25.9 Å². The minimum Gasteiger partial charge on any atom is -0.309 e. The number of rotatable bonds is 7. The molecule has 0 amide bonds. The van der Waals surface area contributed by atoms with Crippen molar-refractivity contribution in [2.45, 2.75) is 31.5 Å². The second-order valence-electron chi connectivity index (χ2n) is 7.61. The van der Waals surface area contributed by atoms with E-state index in [0.717, 1.165) is 38.2 Å². The smallest absolute Gasteiger partial charge is 0.0541 e. The lowest BCUT2D eigenvalue weighted by atomic mass is 9.92. The highest BCUT2D eigenvalue weighted by molar-refractivity contribution is 5.37. The zero-order valence-electron chi connectivity index (χ0n) is 15.9. The van der Waals surface area contributed by atoms with E-state index < -0.39 is 0 Å². The van der Waals surface area contributed by atoms with E-state index in [1.807, 2.05) is 18.3 Å². The van der Waals surface area contributed by atoms with E-state index in [0.29, 0.717) is 0 Å². The quantitative estimate of drug-likeness (QED) is 0.696. The summed E-state index contributed by atoms with van der Waals surface area (Å²) in [6, 6.07) is 25.7. The fourth-order valence-electron chi connectivity index (χ4n) is 4.15. The first kappa shape index (κ1) is 17.9. The molecule has 138 valence electrons. The van der Waals surface area contributed by atoms with Gasteiger partial charge >= 0.3 is 0 Å². The third-order valence-electron chi connectivity index (χ3n) is 5.72. The normalized spacial score (nSPS) is 15.0. The van der Waals surface area contributed by atoms with Crippen molar-refractivity contribution < 1.29 is 0 Å². The summed E-state index contributed by atoms with van der Waals surface area (Å²) in [5, 5.41) is 3.68. The van der Waals surface area contributed by atoms with E-state index in [2.05, 4.69) is 82.9 Å². The molecule has 3 nitrogen and oxygen atoms in total. The first-order valence-electron chi connectivity index (χ1n) is 9.68. The van der Waals surface area contributed by atoms with Crippen LogP contribution < -0.4 is 5.32 Å². The van der Waals surface area contributed by atoms with Crippen molar-refractivity contribution in [1.29, 1.82) is 0 Å². The lowest BCUT2D eigenvalue weighted by Gasteiger charge is -2.39. The number of hydrogen-bond acceptors (Lipinski definition) is 3. The number of nitrogens with one attached hydrogen (secondary N) is 1. The van der Waals surface area contributed by atoms with Gasteiger partial charge in [-0.2, -0.15) is 0 Å². The van der Waals surface area contributed by atoms with Gasteiger partial charge in [-0.3, -0.25) is 9.88 Å². The van der Waals surface area contributed by atoms with Crippen LogP contribution in [0.5, 0.6) is 0 Å². The topological polar surface area (TPSA) is 28.2 Å². The van der Waals surface area contributed by atoms with Crippen LogP contribution in [0.15, 0.2) is 79.0 Å². The van der Waals surface area contributed by atoms with Gasteiger partial charge in [0, 0.05) is 31.4 Å². The number of likely N-dealkylation sites (N-methyl/N-ethyl adjacent to an activating group) is 1. The Labute approximate surface area is 162 Å². The van der Waals surface area contributed by atoms with Crippen LogP contribution in [0, 0.1) is 0 Å². The van der Waals surface area contributed by atoms with Crippen molar-refractivity contribution in [3.8, 4) is 0 Å². The van der Waals surface area contributed by atoms with Crippen molar-refractivity contribution in [2.24, 2.45) is 0 Å². The largest absolute Gasteiger partial charge is 0.309 e. The summed E-state index contributed by atoms with van der Waals surface area (Å²) in [4.78, 5) is 6.98. The molecule has 3 heteroatoms. The molecule has 0 atom stereocenters. The van der Waals surface area contributed by atoms with Gasteiger partial charge in [0.1, 0.15) is 0 Å². The van der Waals surface area contributed by atoms with E-state index in [4.69, 9.17) is 0 Å². The molecule has 0 aliphatic heterocycles. The van der Waals surface area contributed by atoms with Gasteiger partial charge in [0.25, 0.3) is 0 Å². The average molecular weight is 358 g/mol. The number of pyridine rings is 1. The summed E-state index contributed by atoms with van der Waals surface area (Å²) in [7, 11) is 2.27. The molecule has 0 fully saturated rings. The first-order chi connectivity index (χ1) is 13.3. The molecule has 27 heavy (non-hydrogen) atoms. The summed E-state index contributed by atoms with van der Waals surface area (Å²) < 4.78 is 0. The van der Waals surface area contributed by atoms with Gasteiger partial charge in [0.05, 0.1) is 5.69 Å². The van der Waals surface area contributed by atoms with Gasteiger partial charge < -0.3 is 5.32 Å². The van der Waals surface area contributed by atoms with Crippen molar-refractivity contribution in [1.82, 2.24) is 15.2 Å². The van der Waals surface area contributed by atoms with E-state index >= 15 is 0 Å². The minimum absolute atomic E-state index is 0.0916. The molecule has 0 unspecified atom stereocenters. The molecule has 0 saturated carbocycles. The summed E-state index contributed by atoms with van der Waals surface area (Å²) in [6.45, 7) is 2.71. The number of benzene rings is 2. The molecule has 1 aliphatic rings. The summed E-state index contributed by atoms with van der Waals surface area (Å²) in [6.07, 6.45) is 4.03. The summed E-state index contributed by atoms with van der Waals surface area (Å²) in [5.74, 6) is 0. The highest BCUT2D eigenvalue weighted by atomic mass is 15.2. The van der Waals surface area contributed by atoms with E-state index in [9.17, 15) is 0 Å². The fraction of sp³-hybridized carbons (Fsp3) is 0.292. The SMILES string of the molecule is CN(Cc1ccccc1)C1(CNCc2ccccn2)Cc2ccccc2C1. The zero-order valence-corrected chi connectivity index (χ0v) is 15.9. The molecular weight excluding hydrogens is 330 g/mol. The third-order valence-corrected chi connectivity index (χ3v) is 5.72. The van der Waals surface area contributed by atoms with Crippen LogP contribution in [0.3, 0.4) is 0 Å². The maximum atomic E-state index is 4.44. The molecular formula is C24H27N3. The molecule has 2 aromatic carbocycles. The molecule has 0 bridgehead atoms. The van der Waals surface area contributed by atoms with Crippen molar-refractivity contribution in [3.05, 3.63) is 101 Å². The van der Waals surface area contributed by atoms with Gasteiger partial charge in [0.2, 0.25) is 0 Å². The Morgan fingerprint density at radius 3 is 2.22 bits per heavy atom. The number of nitrogens with zero attached hydrogens (tertiary/aromatic N) is 2. The minimum atomic E-state index is 0.0916. The number of hydrogen-bond donors (Lipinski definition) is 1. The maximum absolute atomic E-state index is 4.44. The second-order valence-corrected chi connectivity index (χ2v) is 7.61. The monoisotopic (exact) mass is 357 g/mol. The van der Waals surface area contributed by atoms with Gasteiger partial charge in [-0.05, 0) is 48.7 Å². The number of fused-ring (bicyclic) bond motifs is 1. The Hall–Kier alpha value is -2.49. The summed E-state index contributed by atoms with van der Waals surface area (Å²) in [5.41, 5.74) is 5.51. The van der Waals surface area contributed by atoms with E-state index in [1.165, 1.54) is 16.7 Å². The van der Waals surface area contributed by atoms with Crippen molar-refractivity contribution in [3.63, 3.8) is 0 Å². The van der Waals surface area contributed by atoms with Crippen LogP contribution in [0.4, 0.5) is 0 Å². The molecule has 1 aromatic heterocycles. The Morgan fingerprint density at radius 2 is 1.56 bits per heavy atom. The molecule has 1 N–H and O–H groups in total. The molecule has 0 spiro atoms. The van der Waals surface area contributed by atoms with Crippen LogP contribution in [-0.4, -0.2) is 29.0 Å². The van der Waals surface area contributed by atoms with Gasteiger partial charge in [-0.25, -0.2) is 0 Å². The van der Waals surface area contributed by atoms with E-state index in [1.54, 1.807) is 0 Å². The van der Waals surface area contributed by atoms with Crippen LogP contribution in [0.2, 0.25) is 0 Å². The zero-order chi connectivity index (χ0) is 18.5. The lowest BCUT2D eigenvalue weighted by Crippen LogP contribution is -2.53. The van der Waals surface area contributed by atoms with Crippen molar-refractivity contribution >= 4 is 0 Å². The molecule has 4 rings (SSSR count). The Balaban J connectivity index is 1.51. The fourth-order valence-corrected chi connectivity index (χ4v) is 4.15. The Bertz CT molecular complexity index is 836. The molecule has 0 radical (unpaired) electrons. The molecule has 0 saturated heterocycles. The van der Waals surface area contributed by atoms with Crippen LogP contribution >= 0.6 is 0 Å². The first-order valence-corrected chi connectivity index (χ1v) is 9.68. The maximum Gasteiger partial charge on any atom is 0.0541 e. The summed E-state index contributed by atoms with van der Waals surface area (Å²) >= 11 is 0. The highest BCUT2D eigenvalue weighted by Crippen LogP contribution is 2.34. The predicted octanol–water partition coefficient (Wildman–Crippen LogP) is 3.84. The van der Waals surface area contributed by atoms with Crippen molar-refractivity contribution in [2.75, 3.05) is 13.6 Å². The molecule has 1 heterocycles. The van der Waals surface area contributed by atoms with Gasteiger partial charge in [-0.1, -0.05) is 60.7 Å². The average Bonchev–Trinajstić information content (AvgIpc) is 3.09. The van der Waals surface area contributed by atoms with Gasteiger partial charge in [0.15, 0.2) is 0 Å². The highest BCUT2D eigenvalue weighted by Gasteiger charge is 2.40. The Kier molecular flexibility index (Phi) is 5.33. The standard InChI is InChI=1S/C24H27N3/c1-27(18-20-9-3-2-4-10-20)24(15-21-11-5-6-12-22(21)16-24)19-25-17-23-13-7-8-14-26-23/h2-14,25H,15-19H2,1H3. The Morgan fingerprint density at radius 1 is 0.889 bits per heavy atom. The molecule has 3 aromatic rings. The van der Waals surface area contributed by atoms with Crippen LogP contribution in [0.1, 0.15) is 22.4 Å². The van der Waals surface area contributed by atoms with Gasteiger partial charge in [-0.15, -0.1) is 0 Å². The predicted molar refractivity (Wildman–Crippen MR) is 110 cm³/mol. The third kappa shape index (κ3) is 4.10. The molecule has 1 aliphatic carbocycles. The van der Waals surface area contributed by atoms with Crippen LogP contribution in [0.25, 0.3) is 0 Å². The lowest BCUT2D eigenvalue weighted by molar-refractivity contribution is 0.117. The number of aromatic nitrogens is 1.